The maximum Gasteiger partial charge on any atom is 0.338 e. The Morgan fingerprint density at radius 1 is 1.24 bits per heavy atom. The first-order valence-corrected chi connectivity index (χ1v) is 6.49. The minimum atomic E-state index is -0.720. The summed E-state index contributed by atoms with van der Waals surface area (Å²) >= 11 is 0. The van der Waals surface area contributed by atoms with Crippen molar-refractivity contribution in [1.29, 1.82) is 0 Å². The van der Waals surface area contributed by atoms with Crippen LogP contribution >= 0.6 is 0 Å². The number of phenols is 1. The van der Waals surface area contributed by atoms with E-state index in [2.05, 4.69) is 10.6 Å². The third-order valence-corrected chi connectivity index (χ3v) is 2.68. The molecule has 3 N–H and O–H groups in total. The van der Waals surface area contributed by atoms with E-state index in [1.165, 1.54) is 24.3 Å². The van der Waals surface area contributed by atoms with Crippen molar-refractivity contribution in [2.24, 2.45) is 0 Å². The van der Waals surface area contributed by atoms with Gasteiger partial charge in [0.05, 0.1) is 5.56 Å². The van der Waals surface area contributed by atoms with E-state index in [1.807, 2.05) is 6.92 Å². The number of amides is 3. The van der Waals surface area contributed by atoms with Gasteiger partial charge >= 0.3 is 12.0 Å². The summed E-state index contributed by atoms with van der Waals surface area (Å²) in [5.41, 5.74) is 0.199. The number of rotatable bonds is 5. The molecule has 0 heterocycles. The highest BCUT2D eigenvalue weighted by Gasteiger charge is 2.13. The van der Waals surface area contributed by atoms with E-state index in [0.29, 0.717) is 0 Å². The zero-order valence-electron chi connectivity index (χ0n) is 11.9. The Bertz CT molecular complexity index is 513. The van der Waals surface area contributed by atoms with Crippen molar-refractivity contribution < 1.29 is 24.2 Å². The van der Waals surface area contributed by atoms with Crippen LogP contribution in [0.3, 0.4) is 0 Å². The molecule has 1 rings (SSSR count). The van der Waals surface area contributed by atoms with E-state index in [-0.39, 0.29) is 17.4 Å². The van der Waals surface area contributed by atoms with Crippen LogP contribution in [-0.2, 0) is 9.53 Å². The maximum atomic E-state index is 11.6. The van der Waals surface area contributed by atoms with Crippen molar-refractivity contribution in [3.05, 3.63) is 29.8 Å². The van der Waals surface area contributed by atoms with Gasteiger partial charge < -0.3 is 15.2 Å². The molecule has 3 amide bonds. The highest BCUT2D eigenvalue weighted by atomic mass is 16.5. The average molecular weight is 294 g/mol. The van der Waals surface area contributed by atoms with Crippen molar-refractivity contribution in [1.82, 2.24) is 10.6 Å². The second-order valence-electron chi connectivity index (χ2n) is 4.45. The lowest BCUT2D eigenvalue weighted by Crippen LogP contribution is -2.44. The third kappa shape index (κ3) is 5.94. The number of nitrogens with one attached hydrogen (secondary N) is 2. The Balaban J connectivity index is 2.37. The van der Waals surface area contributed by atoms with Crippen LogP contribution in [0, 0.1) is 0 Å². The predicted octanol–water partition coefficient (Wildman–Crippen LogP) is 1.17. The van der Waals surface area contributed by atoms with Crippen LogP contribution < -0.4 is 10.6 Å². The fourth-order valence-corrected chi connectivity index (χ4v) is 1.34. The average Bonchev–Trinajstić information content (AvgIpc) is 2.45. The number of benzene rings is 1. The Hall–Kier alpha value is -2.57. The van der Waals surface area contributed by atoms with Crippen LogP contribution in [0.1, 0.15) is 30.6 Å². The first-order chi connectivity index (χ1) is 9.92. The number of hydrogen-bond donors (Lipinski definition) is 3. The van der Waals surface area contributed by atoms with Crippen molar-refractivity contribution >= 4 is 17.9 Å². The van der Waals surface area contributed by atoms with E-state index >= 15 is 0 Å². The van der Waals surface area contributed by atoms with E-state index in [4.69, 9.17) is 9.84 Å². The zero-order chi connectivity index (χ0) is 15.8. The summed E-state index contributed by atoms with van der Waals surface area (Å²) in [6, 6.07) is 4.70. The number of ether oxygens (including phenoxy) is 1. The van der Waals surface area contributed by atoms with E-state index < -0.39 is 24.5 Å². The largest absolute Gasteiger partial charge is 0.508 e. The van der Waals surface area contributed by atoms with E-state index in [1.54, 1.807) is 6.92 Å². The molecule has 7 nitrogen and oxygen atoms in total. The summed E-state index contributed by atoms with van der Waals surface area (Å²) in [7, 11) is 0. The number of aromatic hydroxyl groups is 1. The van der Waals surface area contributed by atoms with Crippen LogP contribution in [0.2, 0.25) is 0 Å². The number of phenolic OH excluding ortho intramolecular Hbond substituents is 1. The second-order valence-corrected chi connectivity index (χ2v) is 4.45. The highest BCUT2D eigenvalue weighted by molar-refractivity contribution is 5.97. The molecule has 1 aromatic rings. The molecule has 0 unspecified atom stereocenters. The maximum absolute atomic E-state index is 11.6. The fourth-order valence-electron chi connectivity index (χ4n) is 1.34. The van der Waals surface area contributed by atoms with Crippen LogP contribution in [-0.4, -0.2) is 35.7 Å². The van der Waals surface area contributed by atoms with Crippen LogP contribution in [0.25, 0.3) is 0 Å². The Kier molecular flexibility index (Phi) is 6.19. The van der Waals surface area contributed by atoms with Crippen LogP contribution in [0.5, 0.6) is 5.75 Å². The molecule has 0 aliphatic carbocycles. The number of esters is 1. The zero-order valence-corrected chi connectivity index (χ0v) is 11.9. The molecule has 7 heteroatoms. The highest BCUT2D eigenvalue weighted by Crippen LogP contribution is 2.10. The summed E-state index contributed by atoms with van der Waals surface area (Å²) in [4.78, 5) is 34.4. The Labute approximate surface area is 122 Å². The van der Waals surface area contributed by atoms with Crippen molar-refractivity contribution in [2.75, 3.05) is 6.61 Å². The second kappa shape index (κ2) is 7.88. The quantitative estimate of drug-likeness (QED) is 0.707. The first kappa shape index (κ1) is 16.5. The van der Waals surface area contributed by atoms with Gasteiger partial charge in [0.15, 0.2) is 6.61 Å². The van der Waals surface area contributed by atoms with E-state index in [0.717, 1.165) is 6.42 Å². The molecule has 0 aliphatic rings. The number of urea groups is 1. The van der Waals surface area contributed by atoms with Crippen molar-refractivity contribution in [3.8, 4) is 5.75 Å². The Morgan fingerprint density at radius 3 is 2.43 bits per heavy atom. The SMILES string of the molecule is CC[C@H](C)NC(=O)NC(=O)COC(=O)c1ccc(O)cc1. The minimum Gasteiger partial charge on any atom is -0.508 e. The van der Waals surface area contributed by atoms with Gasteiger partial charge in [-0.15, -0.1) is 0 Å². The molecular formula is C14H18N2O5. The molecule has 0 aromatic heterocycles. The van der Waals surface area contributed by atoms with Gasteiger partial charge in [0.1, 0.15) is 5.75 Å². The van der Waals surface area contributed by atoms with E-state index in [9.17, 15) is 14.4 Å². The summed E-state index contributed by atoms with van der Waals surface area (Å²) < 4.78 is 4.75. The topological polar surface area (TPSA) is 105 Å². The lowest BCUT2D eigenvalue weighted by atomic mass is 10.2. The van der Waals surface area contributed by atoms with Crippen LogP contribution in [0.15, 0.2) is 24.3 Å². The molecule has 0 bridgehead atoms. The molecule has 0 saturated carbocycles. The lowest BCUT2D eigenvalue weighted by molar-refractivity contribution is -0.123. The fraction of sp³-hybridized carbons (Fsp3) is 0.357. The van der Waals surface area contributed by atoms with Crippen molar-refractivity contribution in [2.45, 2.75) is 26.3 Å². The summed E-state index contributed by atoms with van der Waals surface area (Å²) in [6.07, 6.45) is 0.734. The van der Waals surface area contributed by atoms with Gasteiger partial charge in [0.25, 0.3) is 5.91 Å². The van der Waals surface area contributed by atoms with Gasteiger partial charge in [-0.3, -0.25) is 10.1 Å². The Morgan fingerprint density at radius 2 is 1.86 bits per heavy atom. The molecule has 0 radical (unpaired) electrons. The third-order valence-electron chi connectivity index (χ3n) is 2.68. The molecule has 0 fully saturated rings. The lowest BCUT2D eigenvalue weighted by Gasteiger charge is -2.11. The summed E-state index contributed by atoms with van der Waals surface area (Å²) in [5, 5.41) is 13.7. The number of hydrogen-bond acceptors (Lipinski definition) is 5. The summed E-state index contributed by atoms with van der Waals surface area (Å²) in [5.74, 6) is -1.42. The summed E-state index contributed by atoms with van der Waals surface area (Å²) in [6.45, 7) is 3.13. The molecule has 1 aromatic carbocycles. The normalized spacial score (nSPS) is 11.3. The predicted molar refractivity (Wildman–Crippen MR) is 74.8 cm³/mol. The van der Waals surface area contributed by atoms with Crippen LogP contribution in [0.4, 0.5) is 4.79 Å². The molecule has 114 valence electrons. The van der Waals surface area contributed by atoms with Crippen molar-refractivity contribution in [3.63, 3.8) is 0 Å². The monoisotopic (exact) mass is 294 g/mol. The smallest absolute Gasteiger partial charge is 0.338 e. The number of carbonyl (C=O) groups excluding carboxylic acids is 3. The number of carbonyl (C=O) groups is 3. The molecule has 0 aliphatic heterocycles. The molecule has 21 heavy (non-hydrogen) atoms. The van der Waals surface area contributed by atoms with Gasteiger partial charge in [-0.2, -0.15) is 0 Å². The minimum absolute atomic E-state index is 0.0195. The molecule has 0 spiro atoms. The van der Waals surface area contributed by atoms with Gasteiger partial charge in [-0.25, -0.2) is 9.59 Å². The molecular weight excluding hydrogens is 276 g/mol. The van der Waals surface area contributed by atoms with Gasteiger partial charge in [-0.05, 0) is 37.6 Å². The number of imide groups is 1. The van der Waals surface area contributed by atoms with Gasteiger partial charge in [0, 0.05) is 6.04 Å². The van der Waals surface area contributed by atoms with Gasteiger partial charge in [0.2, 0.25) is 0 Å². The van der Waals surface area contributed by atoms with Gasteiger partial charge in [-0.1, -0.05) is 6.92 Å². The molecule has 1 atom stereocenters. The first-order valence-electron chi connectivity index (χ1n) is 6.49. The standard InChI is InChI=1S/C14H18N2O5/c1-3-9(2)15-14(20)16-12(18)8-21-13(19)10-4-6-11(17)7-5-10/h4-7,9,17H,3,8H2,1-2H3,(H2,15,16,18,20)/t9-/m0/s1. The molecule has 0 saturated heterocycles.